The normalized spacial score (nSPS) is 16.7. The third-order valence-corrected chi connectivity index (χ3v) is 4.11. The minimum absolute atomic E-state index is 0.616. The zero-order valence-electron chi connectivity index (χ0n) is 10.3. The minimum atomic E-state index is 0.616. The summed E-state index contributed by atoms with van der Waals surface area (Å²) in [5.74, 6) is 0. The second-order valence-corrected chi connectivity index (χ2v) is 5.86. The van der Waals surface area contributed by atoms with Gasteiger partial charge >= 0.3 is 0 Å². The molecule has 0 atom stereocenters. The van der Waals surface area contributed by atoms with Gasteiger partial charge in [-0.15, -0.1) is 11.3 Å². The topological polar surface area (TPSA) is 15.3 Å². The van der Waals surface area contributed by atoms with Crippen LogP contribution in [0.5, 0.6) is 0 Å². The van der Waals surface area contributed by atoms with Crippen LogP contribution in [0.2, 0.25) is 0 Å². The SMILES string of the molecule is CC(C)NCCCN1CCc2sccc2C1. The number of thiophene rings is 1. The summed E-state index contributed by atoms with van der Waals surface area (Å²) in [4.78, 5) is 4.19. The van der Waals surface area contributed by atoms with Gasteiger partial charge < -0.3 is 5.32 Å². The Bertz CT molecular complexity index is 319. The molecule has 0 spiro atoms. The van der Waals surface area contributed by atoms with E-state index in [0.29, 0.717) is 6.04 Å². The molecule has 0 saturated heterocycles. The summed E-state index contributed by atoms with van der Waals surface area (Å²) in [6, 6.07) is 2.91. The molecule has 3 heteroatoms. The van der Waals surface area contributed by atoms with Crippen molar-refractivity contribution in [2.75, 3.05) is 19.6 Å². The van der Waals surface area contributed by atoms with E-state index in [-0.39, 0.29) is 0 Å². The smallest absolute Gasteiger partial charge is 0.0244 e. The molecule has 90 valence electrons. The summed E-state index contributed by atoms with van der Waals surface area (Å²) in [6.07, 6.45) is 2.52. The monoisotopic (exact) mass is 238 g/mol. The van der Waals surface area contributed by atoms with Gasteiger partial charge in [0.25, 0.3) is 0 Å². The lowest BCUT2D eigenvalue weighted by atomic mass is 10.1. The van der Waals surface area contributed by atoms with Crippen molar-refractivity contribution < 1.29 is 0 Å². The lowest BCUT2D eigenvalue weighted by Crippen LogP contribution is -2.33. The molecule has 1 aromatic rings. The molecular weight excluding hydrogens is 216 g/mol. The average Bonchev–Trinajstić information content (AvgIpc) is 2.71. The van der Waals surface area contributed by atoms with Gasteiger partial charge in [-0.25, -0.2) is 0 Å². The van der Waals surface area contributed by atoms with Gasteiger partial charge in [-0.3, -0.25) is 4.90 Å². The number of rotatable bonds is 5. The molecule has 0 saturated carbocycles. The Labute approximate surface area is 103 Å². The first kappa shape index (κ1) is 12.1. The van der Waals surface area contributed by atoms with Gasteiger partial charge in [-0.1, -0.05) is 13.8 Å². The van der Waals surface area contributed by atoms with Crippen LogP contribution in [-0.2, 0) is 13.0 Å². The highest BCUT2D eigenvalue weighted by molar-refractivity contribution is 7.10. The number of nitrogens with zero attached hydrogens (tertiary/aromatic N) is 1. The van der Waals surface area contributed by atoms with Crippen molar-refractivity contribution in [2.24, 2.45) is 0 Å². The van der Waals surface area contributed by atoms with Crippen molar-refractivity contribution >= 4 is 11.3 Å². The summed E-state index contributed by atoms with van der Waals surface area (Å²) >= 11 is 1.92. The molecule has 1 aliphatic heterocycles. The second kappa shape index (κ2) is 5.80. The van der Waals surface area contributed by atoms with E-state index in [1.807, 2.05) is 11.3 Å². The molecule has 1 aliphatic rings. The fourth-order valence-corrected chi connectivity index (χ4v) is 3.08. The van der Waals surface area contributed by atoms with Gasteiger partial charge in [0.15, 0.2) is 0 Å². The Hall–Kier alpha value is -0.380. The van der Waals surface area contributed by atoms with E-state index in [4.69, 9.17) is 0 Å². The van der Waals surface area contributed by atoms with Crippen LogP contribution < -0.4 is 5.32 Å². The van der Waals surface area contributed by atoms with Crippen molar-refractivity contribution in [3.63, 3.8) is 0 Å². The zero-order valence-corrected chi connectivity index (χ0v) is 11.1. The van der Waals surface area contributed by atoms with E-state index in [1.165, 1.54) is 32.5 Å². The molecule has 0 amide bonds. The van der Waals surface area contributed by atoms with E-state index in [0.717, 1.165) is 6.54 Å². The van der Waals surface area contributed by atoms with Crippen LogP contribution in [0.4, 0.5) is 0 Å². The molecule has 2 nitrogen and oxygen atoms in total. The summed E-state index contributed by atoms with van der Waals surface area (Å²) in [6.45, 7) is 9.20. The lowest BCUT2D eigenvalue weighted by Gasteiger charge is -2.26. The van der Waals surface area contributed by atoms with Crippen LogP contribution in [-0.4, -0.2) is 30.6 Å². The van der Waals surface area contributed by atoms with Gasteiger partial charge in [-0.05, 0) is 42.9 Å². The molecule has 1 aromatic heterocycles. The summed E-state index contributed by atoms with van der Waals surface area (Å²) < 4.78 is 0. The molecule has 2 heterocycles. The van der Waals surface area contributed by atoms with Crippen molar-refractivity contribution in [1.29, 1.82) is 0 Å². The first-order valence-corrected chi connectivity index (χ1v) is 7.14. The third-order valence-electron chi connectivity index (χ3n) is 3.09. The first-order chi connectivity index (χ1) is 7.75. The summed E-state index contributed by atoms with van der Waals surface area (Å²) in [5, 5.41) is 5.71. The van der Waals surface area contributed by atoms with Crippen LogP contribution in [0.1, 0.15) is 30.7 Å². The van der Waals surface area contributed by atoms with Crippen molar-refractivity contribution in [1.82, 2.24) is 10.2 Å². The number of hydrogen-bond acceptors (Lipinski definition) is 3. The zero-order chi connectivity index (χ0) is 11.4. The molecule has 0 radical (unpaired) electrons. The van der Waals surface area contributed by atoms with Crippen molar-refractivity contribution in [3.8, 4) is 0 Å². The van der Waals surface area contributed by atoms with Crippen LogP contribution in [0.25, 0.3) is 0 Å². The maximum atomic E-state index is 3.47. The predicted molar refractivity (Wildman–Crippen MR) is 71.1 cm³/mol. The van der Waals surface area contributed by atoms with E-state index >= 15 is 0 Å². The number of nitrogens with one attached hydrogen (secondary N) is 1. The Kier molecular flexibility index (Phi) is 4.38. The Morgan fingerprint density at radius 1 is 1.50 bits per heavy atom. The van der Waals surface area contributed by atoms with Crippen LogP contribution >= 0.6 is 11.3 Å². The Morgan fingerprint density at radius 2 is 2.38 bits per heavy atom. The molecule has 0 aromatic carbocycles. The Balaban J connectivity index is 1.69. The Morgan fingerprint density at radius 3 is 3.19 bits per heavy atom. The van der Waals surface area contributed by atoms with Crippen LogP contribution in [0, 0.1) is 0 Å². The largest absolute Gasteiger partial charge is 0.314 e. The highest BCUT2D eigenvalue weighted by atomic mass is 32.1. The minimum Gasteiger partial charge on any atom is -0.314 e. The number of fused-ring (bicyclic) bond motifs is 1. The maximum Gasteiger partial charge on any atom is 0.0244 e. The van der Waals surface area contributed by atoms with E-state index < -0.39 is 0 Å². The lowest BCUT2D eigenvalue weighted by molar-refractivity contribution is 0.251. The van der Waals surface area contributed by atoms with Gasteiger partial charge in [0.2, 0.25) is 0 Å². The van der Waals surface area contributed by atoms with Gasteiger partial charge in [-0.2, -0.15) is 0 Å². The van der Waals surface area contributed by atoms with Crippen molar-refractivity contribution in [2.45, 2.75) is 39.3 Å². The van der Waals surface area contributed by atoms with Crippen molar-refractivity contribution in [3.05, 3.63) is 21.9 Å². The molecule has 0 fully saturated rings. The molecular formula is C13H22N2S. The average molecular weight is 238 g/mol. The summed E-state index contributed by atoms with van der Waals surface area (Å²) in [5.41, 5.74) is 1.56. The molecule has 16 heavy (non-hydrogen) atoms. The van der Waals surface area contributed by atoms with Gasteiger partial charge in [0, 0.05) is 24.0 Å². The fraction of sp³-hybridized carbons (Fsp3) is 0.692. The highest BCUT2D eigenvalue weighted by Gasteiger charge is 2.16. The first-order valence-electron chi connectivity index (χ1n) is 6.26. The standard InChI is InChI=1S/C13H22N2S/c1-11(2)14-6-3-7-15-8-4-13-12(10-15)5-9-16-13/h5,9,11,14H,3-4,6-8,10H2,1-2H3. The van der Waals surface area contributed by atoms with Gasteiger partial charge in [0.1, 0.15) is 0 Å². The summed E-state index contributed by atoms with van der Waals surface area (Å²) in [7, 11) is 0. The molecule has 2 rings (SSSR count). The second-order valence-electron chi connectivity index (χ2n) is 4.86. The predicted octanol–water partition coefficient (Wildman–Crippen LogP) is 2.49. The molecule has 0 bridgehead atoms. The molecule has 1 N–H and O–H groups in total. The van der Waals surface area contributed by atoms with E-state index in [9.17, 15) is 0 Å². The van der Waals surface area contributed by atoms with Crippen LogP contribution in [0.15, 0.2) is 11.4 Å². The highest BCUT2D eigenvalue weighted by Crippen LogP contribution is 2.23. The van der Waals surface area contributed by atoms with Gasteiger partial charge in [0.05, 0.1) is 0 Å². The quantitative estimate of drug-likeness (QED) is 0.793. The molecule has 0 unspecified atom stereocenters. The molecule has 0 aliphatic carbocycles. The third kappa shape index (κ3) is 3.30. The van der Waals surface area contributed by atoms with Crippen LogP contribution in [0.3, 0.4) is 0 Å². The van der Waals surface area contributed by atoms with E-state index in [1.54, 1.807) is 10.4 Å². The van der Waals surface area contributed by atoms with E-state index in [2.05, 4.69) is 35.5 Å². The fourth-order valence-electron chi connectivity index (χ4n) is 2.19. The number of hydrogen-bond donors (Lipinski definition) is 1. The maximum absolute atomic E-state index is 3.47.